The third kappa shape index (κ3) is 2.86. The van der Waals surface area contributed by atoms with Crippen LogP contribution in [-0.4, -0.2) is 23.4 Å². The van der Waals surface area contributed by atoms with Crippen molar-refractivity contribution in [1.29, 1.82) is 0 Å². The van der Waals surface area contributed by atoms with E-state index in [1.807, 2.05) is 10.9 Å². The van der Waals surface area contributed by atoms with Gasteiger partial charge in [0.2, 0.25) is 0 Å². The summed E-state index contributed by atoms with van der Waals surface area (Å²) < 4.78 is 7.50. The van der Waals surface area contributed by atoms with Crippen LogP contribution in [0.5, 0.6) is 5.75 Å². The molecule has 0 radical (unpaired) electrons. The van der Waals surface area contributed by atoms with Crippen molar-refractivity contribution in [1.82, 2.24) is 15.1 Å². The zero-order valence-corrected chi connectivity index (χ0v) is 12.6. The van der Waals surface area contributed by atoms with Crippen molar-refractivity contribution < 1.29 is 4.74 Å². The summed E-state index contributed by atoms with van der Waals surface area (Å²) in [5, 5.41) is 7.99. The molecule has 0 saturated heterocycles. The van der Waals surface area contributed by atoms with Crippen LogP contribution in [-0.2, 0) is 6.54 Å². The Kier molecular flexibility index (Phi) is 5.20. The molecule has 0 aliphatic carbocycles. The van der Waals surface area contributed by atoms with Crippen molar-refractivity contribution in [3.05, 3.63) is 11.9 Å². The first-order valence-corrected chi connectivity index (χ1v) is 6.84. The van der Waals surface area contributed by atoms with Gasteiger partial charge in [0.25, 0.3) is 0 Å². The van der Waals surface area contributed by atoms with Crippen LogP contribution in [0, 0.1) is 5.41 Å². The Hall–Kier alpha value is -1.03. The molecular weight excluding hydrogens is 226 g/mol. The topological polar surface area (TPSA) is 39.1 Å². The molecule has 4 heteroatoms. The lowest BCUT2D eigenvalue weighted by molar-refractivity contribution is 0.220. The fourth-order valence-electron chi connectivity index (χ4n) is 2.23. The molecule has 104 valence electrons. The molecule has 0 aliphatic rings. The third-order valence-corrected chi connectivity index (χ3v) is 3.74. The number of hydrogen-bond acceptors (Lipinski definition) is 3. The first-order chi connectivity index (χ1) is 8.51. The summed E-state index contributed by atoms with van der Waals surface area (Å²) in [5.74, 6) is 0.879. The predicted molar refractivity (Wildman–Crippen MR) is 74.9 cm³/mol. The molecule has 1 aromatic rings. The third-order valence-electron chi connectivity index (χ3n) is 3.74. The lowest BCUT2D eigenvalue weighted by atomic mass is 9.80. The van der Waals surface area contributed by atoms with Crippen molar-refractivity contribution in [2.75, 3.05) is 13.7 Å². The minimum absolute atomic E-state index is 0.163. The largest absolute Gasteiger partial charge is 0.493 e. The highest BCUT2D eigenvalue weighted by atomic mass is 16.5. The lowest BCUT2D eigenvalue weighted by Gasteiger charge is -2.34. The van der Waals surface area contributed by atoms with Crippen molar-refractivity contribution >= 4 is 0 Å². The molecule has 0 bridgehead atoms. The highest BCUT2D eigenvalue weighted by Gasteiger charge is 2.33. The van der Waals surface area contributed by atoms with Gasteiger partial charge in [-0.1, -0.05) is 27.7 Å². The molecule has 4 nitrogen and oxygen atoms in total. The number of rotatable bonds is 7. The zero-order chi connectivity index (χ0) is 13.8. The number of ether oxygens (including phenoxy) is 1. The fourth-order valence-corrected chi connectivity index (χ4v) is 2.23. The summed E-state index contributed by atoms with van der Waals surface area (Å²) in [4.78, 5) is 0. The number of hydrogen-bond donors (Lipinski definition) is 1. The maximum atomic E-state index is 5.47. The fraction of sp³-hybridized carbons (Fsp3) is 0.786. The molecule has 1 unspecified atom stereocenters. The summed E-state index contributed by atoms with van der Waals surface area (Å²) >= 11 is 0. The Morgan fingerprint density at radius 2 is 2.06 bits per heavy atom. The van der Waals surface area contributed by atoms with Gasteiger partial charge in [-0.15, -0.1) is 0 Å². The summed E-state index contributed by atoms with van der Waals surface area (Å²) in [6.45, 7) is 12.8. The molecule has 0 spiro atoms. The standard InChI is InChI=1S/C14H27N3O/c1-7-14(4,5)13(15-8-2)12-11(18-6)10-16-17(12)9-3/h10,13,15H,7-9H2,1-6H3. The van der Waals surface area contributed by atoms with Gasteiger partial charge in [0, 0.05) is 6.54 Å². The zero-order valence-electron chi connectivity index (χ0n) is 12.6. The molecule has 1 rings (SSSR count). The van der Waals surface area contributed by atoms with Crippen LogP contribution in [0.1, 0.15) is 52.8 Å². The minimum Gasteiger partial charge on any atom is -0.493 e. The maximum Gasteiger partial charge on any atom is 0.161 e. The first-order valence-electron chi connectivity index (χ1n) is 6.84. The van der Waals surface area contributed by atoms with Crippen LogP contribution < -0.4 is 10.1 Å². The Morgan fingerprint density at radius 1 is 1.39 bits per heavy atom. The monoisotopic (exact) mass is 253 g/mol. The van der Waals surface area contributed by atoms with E-state index in [0.29, 0.717) is 0 Å². The number of nitrogens with one attached hydrogen (secondary N) is 1. The van der Waals surface area contributed by atoms with Crippen LogP contribution in [0.2, 0.25) is 0 Å². The number of methoxy groups -OCH3 is 1. The first kappa shape index (κ1) is 15.0. The minimum atomic E-state index is 0.163. The molecule has 0 aromatic carbocycles. The highest BCUT2D eigenvalue weighted by Crippen LogP contribution is 2.39. The average Bonchev–Trinajstić information content (AvgIpc) is 2.78. The van der Waals surface area contributed by atoms with E-state index in [1.165, 1.54) is 0 Å². The van der Waals surface area contributed by atoms with Gasteiger partial charge in [-0.05, 0) is 25.3 Å². The molecule has 1 aromatic heterocycles. The Balaban J connectivity index is 3.23. The van der Waals surface area contributed by atoms with Gasteiger partial charge in [0.1, 0.15) is 0 Å². The van der Waals surface area contributed by atoms with Gasteiger partial charge in [0.15, 0.2) is 5.75 Å². The van der Waals surface area contributed by atoms with E-state index in [0.717, 1.165) is 31.0 Å². The molecule has 0 fully saturated rings. The molecular formula is C14H27N3O. The van der Waals surface area contributed by atoms with Gasteiger partial charge in [-0.25, -0.2) is 0 Å². The predicted octanol–water partition coefficient (Wildman–Crippen LogP) is 3.00. The van der Waals surface area contributed by atoms with Gasteiger partial charge in [-0.3, -0.25) is 4.68 Å². The summed E-state index contributed by atoms with van der Waals surface area (Å²) in [6, 6.07) is 0.255. The van der Waals surface area contributed by atoms with E-state index in [-0.39, 0.29) is 11.5 Å². The molecule has 1 atom stereocenters. The Bertz CT molecular complexity index is 350. The second-order valence-electron chi connectivity index (χ2n) is 5.25. The number of aromatic nitrogens is 2. The molecule has 1 N–H and O–H groups in total. The molecule has 18 heavy (non-hydrogen) atoms. The smallest absolute Gasteiger partial charge is 0.161 e. The molecule has 0 aliphatic heterocycles. The second-order valence-corrected chi connectivity index (χ2v) is 5.25. The SMILES string of the molecule is CCNC(c1c(OC)cnn1CC)C(C)(C)CC. The Labute approximate surface area is 111 Å². The van der Waals surface area contributed by atoms with Crippen LogP contribution in [0.3, 0.4) is 0 Å². The van der Waals surface area contributed by atoms with E-state index in [1.54, 1.807) is 7.11 Å². The van der Waals surface area contributed by atoms with Crippen molar-refractivity contribution in [3.8, 4) is 5.75 Å². The normalized spacial score (nSPS) is 13.7. The average molecular weight is 253 g/mol. The maximum absolute atomic E-state index is 5.47. The highest BCUT2D eigenvalue weighted by molar-refractivity contribution is 5.29. The van der Waals surface area contributed by atoms with E-state index in [2.05, 4.69) is 45.0 Å². The summed E-state index contributed by atoms with van der Waals surface area (Å²) in [7, 11) is 1.71. The lowest BCUT2D eigenvalue weighted by Crippen LogP contribution is -2.35. The van der Waals surface area contributed by atoms with Gasteiger partial charge in [0.05, 0.1) is 25.0 Å². The number of aryl methyl sites for hydroxylation is 1. The van der Waals surface area contributed by atoms with Crippen LogP contribution in [0.4, 0.5) is 0 Å². The van der Waals surface area contributed by atoms with Gasteiger partial charge in [-0.2, -0.15) is 5.10 Å². The van der Waals surface area contributed by atoms with Crippen LogP contribution in [0.25, 0.3) is 0 Å². The summed E-state index contributed by atoms with van der Waals surface area (Å²) in [6.07, 6.45) is 2.91. The van der Waals surface area contributed by atoms with Crippen LogP contribution in [0.15, 0.2) is 6.20 Å². The van der Waals surface area contributed by atoms with Gasteiger partial charge < -0.3 is 10.1 Å². The second kappa shape index (κ2) is 6.23. The van der Waals surface area contributed by atoms with Gasteiger partial charge >= 0.3 is 0 Å². The van der Waals surface area contributed by atoms with E-state index in [4.69, 9.17) is 4.74 Å². The van der Waals surface area contributed by atoms with Crippen LogP contribution >= 0.6 is 0 Å². The van der Waals surface area contributed by atoms with E-state index in [9.17, 15) is 0 Å². The van der Waals surface area contributed by atoms with Crippen molar-refractivity contribution in [2.24, 2.45) is 5.41 Å². The van der Waals surface area contributed by atoms with E-state index >= 15 is 0 Å². The number of nitrogens with zero attached hydrogens (tertiary/aromatic N) is 2. The quantitative estimate of drug-likeness (QED) is 0.812. The molecule has 1 heterocycles. The van der Waals surface area contributed by atoms with Crippen molar-refractivity contribution in [2.45, 2.75) is 53.6 Å². The molecule has 0 amide bonds. The molecule has 0 saturated carbocycles. The summed E-state index contributed by atoms with van der Waals surface area (Å²) in [5.41, 5.74) is 1.32. The van der Waals surface area contributed by atoms with Crippen molar-refractivity contribution in [3.63, 3.8) is 0 Å². The van der Waals surface area contributed by atoms with E-state index < -0.39 is 0 Å². The Morgan fingerprint density at radius 3 is 2.50 bits per heavy atom.